The van der Waals surface area contributed by atoms with Crippen molar-refractivity contribution >= 4 is 17.5 Å². The number of hydrogen-bond acceptors (Lipinski definition) is 5. The molecule has 3 rings (SSSR count). The Hall–Kier alpha value is -2.73. The highest BCUT2D eigenvalue weighted by atomic mass is 16.6. The van der Waals surface area contributed by atoms with E-state index in [0.29, 0.717) is 31.1 Å². The smallest absolute Gasteiger partial charge is 0.429 e. The fourth-order valence-corrected chi connectivity index (χ4v) is 3.62. The predicted molar refractivity (Wildman–Crippen MR) is 117 cm³/mol. The largest absolute Gasteiger partial charge is 0.495 e. The number of methoxy groups -OCH3 is 1. The minimum atomic E-state index is -0.364. The number of hydrazine groups is 1. The second kappa shape index (κ2) is 9.65. The number of benzene rings is 2. The van der Waals surface area contributed by atoms with E-state index in [2.05, 4.69) is 42.0 Å². The average Bonchev–Trinajstić information content (AvgIpc) is 2.75. The molecule has 29 heavy (non-hydrogen) atoms. The molecule has 6 heteroatoms. The van der Waals surface area contributed by atoms with E-state index >= 15 is 0 Å². The van der Waals surface area contributed by atoms with Gasteiger partial charge in [0.05, 0.1) is 13.7 Å². The zero-order chi connectivity index (χ0) is 20.8. The second-order valence-electron chi connectivity index (χ2n) is 7.33. The lowest BCUT2D eigenvalue weighted by atomic mass is 10.1. The first-order valence-electron chi connectivity index (χ1n) is 10.2. The van der Waals surface area contributed by atoms with Gasteiger partial charge in [0, 0.05) is 31.9 Å². The van der Waals surface area contributed by atoms with Gasteiger partial charge in [0.15, 0.2) is 0 Å². The molecule has 0 radical (unpaired) electrons. The number of carbonyl (C=O) groups is 1. The Morgan fingerprint density at radius 3 is 2.48 bits per heavy atom. The molecule has 2 aromatic carbocycles. The van der Waals surface area contributed by atoms with Gasteiger partial charge in [-0.05, 0) is 49.6 Å². The Morgan fingerprint density at radius 2 is 1.79 bits per heavy atom. The van der Waals surface area contributed by atoms with Crippen LogP contribution in [0.15, 0.2) is 42.5 Å². The summed E-state index contributed by atoms with van der Waals surface area (Å²) in [6.45, 7) is 9.74. The fourth-order valence-electron chi connectivity index (χ4n) is 3.62. The molecule has 0 spiro atoms. The van der Waals surface area contributed by atoms with E-state index in [4.69, 9.17) is 9.47 Å². The van der Waals surface area contributed by atoms with Crippen molar-refractivity contribution in [3.63, 3.8) is 0 Å². The van der Waals surface area contributed by atoms with E-state index in [-0.39, 0.29) is 6.09 Å². The minimum Gasteiger partial charge on any atom is -0.495 e. The Bertz CT molecular complexity index is 832. The van der Waals surface area contributed by atoms with E-state index in [1.54, 1.807) is 12.1 Å². The number of carbonyl (C=O) groups excluding carboxylic acids is 1. The van der Waals surface area contributed by atoms with Gasteiger partial charge in [-0.1, -0.05) is 31.2 Å². The van der Waals surface area contributed by atoms with Gasteiger partial charge in [-0.25, -0.2) is 14.8 Å². The van der Waals surface area contributed by atoms with E-state index in [1.165, 1.54) is 16.8 Å². The third-order valence-electron chi connectivity index (χ3n) is 5.16. The Labute approximate surface area is 173 Å². The zero-order valence-corrected chi connectivity index (χ0v) is 17.9. The van der Waals surface area contributed by atoms with Crippen molar-refractivity contribution in [1.82, 2.24) is 5.01 Å². The van der Waals surface area contributed by atoms with Gasteiger partial charge in [-0.15, -0.1) is 0 Å². The molecule has 1 amide bonds. The number of para-hydroxylation sites is 2. The number of nitrogens with zero attached hydrogens (tertiary/aromatic N) is 3. The van der Waals surface area contributed by atoms with Gasteiger partial charge in [-0.2, -0.15) is 0 Å². The van der Waals surface area contributed by atoms with Crippen molar-refractivity contribution in [1.29, 1.82) is 0 Å². The summed E-state index contributed by atoms with van der Waals surface area (Å²) < 4.78 is 11.0. The monoisotopic (exact) mass is 397 g/mol. The van der Waals surface area contributed by atoms with Gasteiger partial charge in [-0.3, -0.25) is 0 Å². The molecule has 1 fully saturated rings. The Kier molecular flexibility index (Phi) is 6.99. The van der Waals surface area contributed by atoms with Crippen LogP contribution in [0.5, 0.6) is 5.75 Å². The lowest BCUT2D eigenvalue weighted by Crippen LogP contribution is -2.56. The van der Waals surface area contributed by atoms with Crippen LogP contribution in [0.2, 0.25) is 0 Å². The first kappa shape index (κ1) is 21.0. The number of rotatable bonds is 6. The highest BCUT2D eigenvalue weighted by Crippen LogP contribution is 2.31. The van der Waals surface area contributed by atoms with Crippen LogP contribution in [0.25, 0.3) is 0 Å². The number of anilines is 2. The van der Waals surface area contributed by atoms with Crippen LogP contribution < -0.4 is 14.6 Å². The van der Waals surface area contributed by atoms with Crippen LogP contribution in [0.3, 0.4) is 0 Å². The molecule has 0 N–H and O–H groups in total. The van der Waals surface area contributed by atoms with E-state index in [0.717, 1.165) is 19.5 Å². The van der Waals surface area contributed by atoms with Crippen LogP contribution in [0.1, 0.15) is 24.5 Å². The average molecular weight is 398 g/mol. The molecule has 2 aromatic rings. The van der Waals surface area contributed by atoms with Crippen LogP contribution in [0.4, 0.5) is 16.2 Å². The molecule has 1 aliphatic rings. The van der Waals surface area contributed by atoms with Crippen molar-refractivity contribution in [3.05, 3.63) is 53.6 Å². The fraction of sp³-hybridized carbons (Fsp3) is 0.435. The molecule has 0 aromatic heterocycles. The first-order valence-corrected chi connectivity index (χ1v) is 10.2. The highest BCUT2D eigenvalue weighted by Gasteiger charge is 2.30. The molecule has 1 saturated heterocycles. The molecule has 0 aliphatic carbocycles. The van der Waals surface area contributed by atoms with Crippen molar-refractivity contribution in [3.8, 4) is 5.75 Å². The third-order valence-corrected chi connectivity index (χ3v) is 5.16. The summed E-state index contributed by atoms with van der Waals surface area (Å²) in [5.41, 5.74) is 4.50. The molecule has 6 nitrogen and oxygen atoms in total. The summed E-state index contributed by atoms with van der Waals surface area (Å²) in [5.74, 6) is 0.651. The normalized spacial score (nSPS) is 14.6. The van der Waals surface area contributed by atoms with Crippen molar-refractivity contribution in [2.45, 2.75) is 27.2 Å². The summed E-state index contributed by atoms with van der Waals surface area (Å²) in [6.07, 6.45) is 0.419. The van der Waals surface area contributed by atoms with Crippen molar-refractivity contribution in [2.75, 3.05) is 49.8 Å². The van der Waals surface area contributed by atoms with E-state index in [9.17, 15) is 4.79 Å². The zero-order valence-electron chi connectivity index (χ0n) is 17.9. The number of hydrogen-bond donors (Lipinski definition) is 0. The second-order valence-corrected chi connectivity index (χ2v) is 7.33. The van der Waals surface area contributed by atoms with Gasteiger partial charge >= 0.3 is 6.09 Å². The van der Waals surface area contributed by atoms with Gasteiger partial charge in [0.1, 0.15) is 11.4 Å². The number of piperazine rings is 1. The molecule has 0 bridgehead atoms. The number of ether oxygens (including phenoxy) is 2. The quantitative estimate of drug-likeness (QED) is 0.723. The minimum absolute atomic E-state index is 0.364. The van der Waals surface area contributed by atoms with Crippen LogP contribution >= 0.6 is 0 Å². The maximum absolute atomic E-state index is 12.9. The van der Waals surface area contributed by atoms with E-state index in [1.807, 2.05) is 31.2 Å². The molecule has 0 atom stereocenters. The van der Waals surface area contributed by atoms with Crippen LogP contribution in [-0.2, 0) is 4.74 Å². The number of aryl methyl sites for hydroxylation is 2. The van der Waals surface area contributed by atoms with Crippen molar-refractivity contribution in [2.24, 2.45) is 0 Å². The molecule has 156 valence electrons. The standard InChI is InChI=1S/C23H31N3O3/c1-5-16-29-23(27)26(20-8-6-7-9-22(20)28-4)25-14-12-24(13-15-25)21-17-18(2)10-11-19(21)3/h6-11,17H,5,12-16H2,1-4H3. The van der Waals surface area contributed by atoms with Crippen LogP contribution in [0, 0.1) is 13.8 Å². The number of amides is 1. The maximum atomic E-state index is 12.9. The van der Waals surface area contributed by atoms with Crippen molar-refractivity contribution < 1.29 is 14.3 Å². The predicted octanol–water partition coefficient (Wildman–Crippen LogP) is 4.40. The summed E-state index contributed by atoms with van der Waals surface area (Å²) in [5, 5.41) is 3.69. The summed E-state index contributed by atoms with van der Waals surface area (Å²) >= 11 is 0. The lowest BCUT2D eigenvalue weighted by molar-refractivity contribution is 0.126. The lowest BCUT2D eigenvalue weighted by Gasteiger charge is -2.41. The SMILES string of the molecule is CCCOC(=O)N(c1ccccc1OC)N1CCN(c2cc(C)ccc2C)CC1. The molecular weight excluding hydrogens is 366 g/mol. The first-order chi connectivity index (χ1) is 14.0. The van der Waals surface area contributed by atoms with Gasteiger partial charge in [0.25, 0.3) is 0 Å². The van der Waals surface area contributed by atoms with E-state index < -0.39 is 0 Å². The molecule has 1 heterocycles. The summed E-state index contributed by atoms with van der Waals surface area (Å²) in [4.78, 5) is 15.3. The van der Waals surface area contributed by atoms with Gasteiger partial charge < -0.3 is 14.4 Å². The summed E-state index contributed by atoms with van der Waals surface area (Å²) in [6, 6.07) is 14.1. The summed E-state index contributed by atoms with van der Waals surface area (Å²) in [7, 11) is 1.62. The van der Waals surface area contributed by atoms with Crippen LogP contribution in [-0.4, -0.2) is 51.0 Å². The molecular formula is C23H31N3O3. The maximum Gasteiger partial charge on any atom is 0.429 e. The third kappa shape index (κ3) is 4.82. The Morgan fingerprint density at radius 1 is 1.07 bits per heavy atom. The topological polar surface area (TPSA) is 45.2 Å². The Balaban J connectivity index is 1.81. The molecule has 0 saturated carbocycles. The molecule has 0 unspecified atom stereocenters. The molecule has 1 aliphatic heterocycles. The van der Waals surface area contributed by atoms with Gasteiger partial charge in [0.2, 0.25) is 0 Å². The highest BCUT2D eigenvalue weighted by molar-refractivity contribution is 5.88.